The number of carbonyl (C=O) groups is 1. The maximum absolute atomic E-state index is 12.1. The molecule has 0 spiro atoms. The SMILES string of the molecule is CCNCc1cccc(NC(=O)Cc2ccc(C)cc2)c1. The lowest BCUT2D eigenvalue weighted by Gasteiger charge is -2.08. The molecule has 1 amide bonds. The summed E-state index contributed by atoms with van der Waals surface area (Å²) in [4.78, 5) is 12.1. The first-order valence-corrected chi connectivity index (χ1v) is 7.32. The highest BCUT2D eigenvalue weighted by Gasteiger charge is 2.04. The van der Waals surface area contributed by atoms with Crippen LogP contribution in [0.25, 0.3) is 0 Å². The molecule has 0 aliphatic carbocycles. The van der Waals surface area contributed by atoms with Crippen molar-refractivity contribution in [3.8, 4) is 0 Å². The summed E-state index contributed by atoms with van der Waals surface area (Å²) in [5, 5.41) is 6.23. The zero-order valence-electron chi connectivity index (χ0n) is 12.6. The summed E-state index contributed by atoms with van der Waals surface area (Å²) in [6, 6.07) is 16.0. The maximum Gasteiger partial charge on any atom is 0.228 e. The molecule has 2 aromatic carbocycles. The van der Waals surface area contributed by atoms with Gasteiger partial charge in [0.25, 0.3) is 0 Å². The molecule has 0 bridgehead atoms. The number of rotatable bonds is 6. The predicted molar refractivity (Wildman–Crippen MR) is 87.3 cm³/mol. The maximum atomic E-state index is 12.1. The Morgan fingerprint density at radius 1 is 1.05 bits per heavy atom. The van der Waals surface area contributed by atoms with E-state index in [-0.39, 0.29) is 5.91 Å². The first kappa shape index (κ1) is 15.3. The van der Waals surface area contributed by atoms with Gasteiger partial charge >= 0.3 is 0 Å². The molecule has 2 N–H and O–H groups in total. The summed E-state index contributed by atoms with van der Waals surface area (Å²) in [6.45, 7) is 5.87. The van der Waals surface area contributed by atoms with Crippen LogP contribution in [0.3, 0.4) is 0 Å². The van der Waals surface area contributed by atoms with Crippen molar-refractivity contribution < 1.29 is 4.79 Å². The molecule has 0 heterocycles. The fourth-order valence-electron chi connectivity index (χ4n) is 2.12. The third-order valence-corrected chi connectivity index (χ3v) is 3.28. The molecule has 21 heavy (non-hydrogen) atoms. The highest BCUT2D eigenvalue weighted by Crippen LogP contribution is 2.12. The number of anilines is 1. The second-order valence-corrected chi connectivity index (χ2v) is 5.19. The quantitative estimate of drug-likeness (QED) is 0.853. The Hall–Kier alpha value is -2.13. The number of hydrogen-bond donors (Lipinski definition) is 2. The van der Waals surface area contributed by atoms with Gasteiger partial charge in [0.2, 0.25) is 5.91 Å². The minimum Gasteiger partial charge on any atom is -0.326 e. The minimum atomic E-state index is 0.0134. The number of aryl methyl sites for hydroxylation is 1. The molecule has 0 saturated heterocycles. The molecule has 0 unspecified atom stereocenters. The van der Waals surface area contributed by atoms with Gasteiger partial charge in [0.15, 0.2) is 0 Å². The third-order valence-electron chi connectivity index (χ3n) is 3.28. The molecule has 0 fully saturated rings. The summed E-state index contributed by atoms with van der Waals surface area (Å²) in [6.07, 6.45) is 0.401. The van der Waals surface area contributed by atoms with E-state index in [0.29, 0.717) is 6.42 Å². The molecule has 0 radical (unpaired) electrons. The van der Waals surface area contributed by atoms with E-state index < -0.39 is 0 Å². The smallest absolute Gasteiger partial charge is 0.228 e. The fraction of sp³-hybridized carbons (Fsp3) is 0.278. The molecule has 0 aliphatic heterocycles. The van der Waals surface area contributed by atoms with Gasteiger partial charge < -0.3 is 10.6 Å². The largest absolute Gasteiger partial charge is 0.326 e. The van der Waals surface area contributed by atoms with Crippen LogP contribution >= 0.6 is 0 Å². The van der Waals surface area contributed by atoms with Gasteiger partial charge in [-0.2, -0.15) is 0 Å². The molecule has 2 aromatic rings. The van der Waals surface area contributed by atoms with E-state index in [1.165, 1.54) is 11.1 Å². The first-order valence-electron chi connectivity index (χ1n) is 7.32. The topological polar surface area (TPSA) is 41.1 Å². The Labute approximate surface area is 126 Å². The van der Waals surface area contributed by atoms with Gasteiger partial charge in [0.05, 0.1) is 6.42 Å². The van der Waals surface area contributed by atoms with Crippen LogP contribution in [0.4, 0.5) is 5.69 Å². The summed E-state index contributed by atoms with van der Waals surface area (Å²) in [5.41, 5.74) is 4.25. The zero-order valence-corrected chi connectivity index (χ0v) is 12.6. The van der Waals surface area contributed by atoms with Gasteiger partial charge in [-0.05, 0) is 36.7 Å². The van der Waals surface area contributed by atoms with Gasteiger partial charge in [-0.15, -0.1) is 0 Å². The van der Waals surface area contributed by atoms with Crippen molar-refractivity contribution in [3.05, 3.63) is 65.2 Å². The number of amides is 1. The fourth-order valence-corrected chi connectivity index (χ4v) is 2.12. The van der Waals surface area contributed by atoms with E-state index in [9.17, 15) is 4.79 Å². The Morgan fingerprint density at radius 2 is 1.81 bits per heavy atom. The summed E-state index contributed by atoms with van der Waals surface area (Å²) in [5.74, 6) is 0.0134. The number of benzene rings is 2. The van der Waals surface area contributed by atoms with Gasteiger partial charge in [-0.3, -0.25) is 4.79 Å². The third kappa shape index (κ3) is 5.04. The van der Waals surface area contributed by atoms with Crippen molar-refractivity contribution in [2.75, 3.05) is 11.9 Å². The molecule has 0 aliphatic rings. The number of carbonyl (C=O) groups excluding carboxylic acids is 1. The lowest BCUT2D eigenvalue weighted by molar-refractivity contribution is -0.115. The van der Waals surface area contributed by atoms with Crippen LogP contribution in [-0.4, -0.2) is 12.5 Å². The van der Waals surface area contributed by atoms with E-state index in [0.717, 1.165) is 24.3 Å². The lowest BCUT2D eigenvalue weighted by Crippen LogP contribution is -2.15. The van der Waals surface area contributed by atoms with Crippen molar-refractivity contribution in [1.29, 1.82) is 0 Å². The van der Waals surface area contributed by atoms with Crippen LogP contribution in [0, 0.1) is 6.92 Å². The highest BCUT2D eigenvalue weighted by molar-refractivity contribution is 5.92. The molecule has 0 aromatic heterocycles. The lowest BCUT2D eigenvalue weighted by atomic mass is 10.1. The molecular formula is C18H22N2O. The van der Waals surface area contributed by atoms with Gasteiger partial charge in [-0.1, -0.05) is 48.9 Å². The molecule has 0 atom stereocenters. The van der Waals surface area contributed by atoms with E-state index >= 15 is 0 Å². The molecule has 3 heteroatoms. The zero-order chi connectivity index (χ0) is 15.1. The predicted octanol–water partition coefficient (Wildman–Crippen LogP) is 3.29. The number of hydrogen-bond acceptors (Lipinski definition) is 2. The average Bonchev–Trinajstić information content (AvgIpc) is 2.48. The highest BCUT2D eigenvalue weighted by atomic mass is 16.1. The van der Waals surface area contributed by atoms with Gasteiger partial charge in [0.1, 0.15) is 0 Å². The van der Waals surface area contributed by atoms with E-state index in [1.54, 1.807) is 0 Å². The van der Waals surface area contributed by atoms with Crippen molar-refractivity contribution in [2.45, 2.75) is 26.8 Å². The summed E-state index contributed by atoms with van der Waals surface area (Å²) < 4.78 is 0. The minimum absolute atomic E-state index is 0.0134. The Bertz CT molecular complexity index is 590. The first-order chi connectivity index (χ1) is 10.2. The van der Waals surface area contributed by atoms with Crippen LogP contribution in [0.1, 0.15) is 23.6 Å². The Kier molecular flexibility index (Phi) is 5.52. The average molecular weight is 282 g/mol. The molecule has 3 nitrogen and oxygen atoms in total. The number of nitrogens with one attached hydrogen (secondary N) is 2. The molecule has 2 rings (SSSR count). The normalized spacial score (nSPS) is 10.4. The standard InChI is InChI=1S/C18H22N2O/c1-3-19-13-16-5-4-6-17(11-16)20-18(21)12-15-9-7-14(2)8-10-15/h4-11,19H,3,12-13H2,1-2H3,(H,20,21). The van der Waals surface area contributed by atoms with Crippen molar-refractivity contribution in [1.82, 2.24) is 5.32 Å². The molecule has 0 saturated carbocycles. The molecule has 110 valence electrons. The van der Waals surface area contributed by atoms with Crippen LogP contribution < -0.4 is 10.6 Å². The van der Waals surface area contributed by atoms with Crippen LogP contribution in [0.2, 0.25) is 0 Å². The van der Waals surface area contributed by atoms with E-state index in [4.69, 9.17) is 0 Å². The Morgan fingerprint density at radius 3 is 2.52 bits per heavy atom. The van der Waals surface area contributed by atoms with Crippen LogP contribution in [-0.2, 0) is 17.8 Å². The van der Waals surface area contributed by atoms with Crippen LogP contribution in [0.15, 0.2) is 48.5 Å². The van der Waals surface area contributed by atoms with Crippen molar-refractivity contribution >= 4 is 11.6 Å². The summed E-state index contributed by atoms with van der Waals surface area (Å²) >= 11 is 0. The van der Waals surface area contributed by atoms with Crippen LogP contribution in [0.5, 0.6) is 0 Å². The van der Waals surface area contributed by atoms with E-state index in [2.05, 4.69) is 23.6 Å². The monoisotopic (exact) mass is 282 g/mol. The second-order valence-electron chi connectivity index (χ2n) is 5.19. The second kappa shape index (κ2) is 7.60. The van der Waals surface area contributed by atoms with Gasteiger partial charge in [0, 0.05) is 12.2 Å². The molecular weight excluding hydrogens is 260 g/mol. The Balaban J connectivity index is 1.94. The van der Waals surface area contributed by atoms with Gasteiger partial charge in [-0.25, -0.2) is 0 Å². The van der Waals surface area contributed by atoms with E-state index in [1.807, 2.05) is 49.4 Å². The summed E-state index contributed by atoms with van der Waals surface area (Å²) in [7, 11) is 0. The van der Waals surface area contributed by atoms with Crippen molar-refractivity contribution in [2.24, 2.45) is 0 Å². The van der Waals surface area contributed by atoms with Crippen molar-refractivity contribution in [3.63, 3.8) is 0 Å².